The highest BCUT2D eigenvalue weighted by molar-refractivity contribution is 5.86. The number of carbonyl (C=O) groups excluding carboxylic acids is 2. The van der Waals surface area contributed by atoms with E-state index < -0.39 is 0 Å². The summed E-state index contributed by atoms with van der Waals surface area (Å²) in [5, 5.41) is 0. The van der Waals surface area contributed by atoms with Gasteiger partial charge < -0.3 is 4.79 Å². The SMILES string of the molecule is CCC1CCCCC(=O)[C@]1(C)[C@H](C)CC(C)=O. The Bertz CT molecular complexity index is 295. The molecule has 0 aromatic rings. The van der Waals surface area contributed by atoms with Gasteiger partial charge in [-0.15, -0.1) is 0 Å². The molecular formula is C15H26O2. The van der Waals surface area contributed by atoms with Gasteiger partial charge in [0.25, 0.3) is 0 Å². The van der Waals surface area contributed by atoms with Crippen molar-refractivity contribution in [3.8, 4) is 0 Å². The summed E-state index contributed by atoms with van der Waals surface area (Å²) in [6.07, 6.45) is 5.61. The molecule has 0 aromatic carbocycles. The highest BCUT2D eigenvalue weighted by Gasteiger charge is 2.44. The lowest BCUT2D eigenvalue weighted by atomic mass is 9.63. The third-order valence-corrected chi connectivity index (χ3v) is 4.77. The number of ketones is 2. The van der Waals surface area contributed by atoms with E-state index in [0.717, 1.165) is 25.7 Å². The van der Waals surface area contributed by atoms with Gasteiger partial charge in [-0.3, -0.25) is 4.79 Å². The van der Waals surface area contributed by atoms with Crippen LogP contribution in [0.1, 0.15) is 66.2 Å². The Morgan fingerprint density at radius 3 is 2.65 bits per heavy atom. The van der Waals surface area contributed by atoms with Crippen LogP contribution >= 0.6 is 0 Å². The van der Waals surface area contributed by atoms with E-state index in [0.29, 0.717) is 24.5 Å². The van der Waals surface area contributed by atoms with Crippen LogP contribution in [0.2, 0.25) is 0 Å². The minimum atomic E-state index is -0.281. The van der Waals surface area contributed by atoms with Crippen molar-refractivity contribution in [2.24, 2.45) is 17.3 Å². The summed E-state index contributed by atoms with van der Waals surface area (Å²) in [5.74, 6) is 1.21. The van der Waals surface area contributed by atoms with Crippen LogP contribution in [-0.2, 0) is 9.59 Å². The largest absolute Gasteiger partial charge is 0.300 e. The lowest BCUT2D eigenvalue weighted by Crippen LogP contribution is -2.41. The van der Waals surface area contributed by atoms with E-state index in [4.69, 9.17) is 0 Å². The molecule has 0 aliphatic heterocycles. The quantitative estimate of drug-likeness (QED) is 0.698. The van der Waals surface area contributed by atoms with Crippen molar-refractivity contribution in [2.75, 3.05) is 0 Å². The van der Waals surface area contributed by atoms with Gasteiger partial charge in [-0.05, 0) is 31.6 Å². The first kappa shape index (κ1) is 14.4. The molecule has 0 radical (unpaired) electrons. The van der Waals surface area contributed by atoms with Gasteiger partial charge >= 0.3 is 0 Å². The molecule has 0 N–H and O–H groups in total. The van der Waals surface area contributed by atoms with E-state index in [1.54, 1.807) is 6.92 Å². The second-order valence-corrected chi connectivity index (χ2v) is 5.86. The Morgan fingerprint density at radius 2 is 2.12 bits per heavy atom. The maximum Gasteiger partial charge on any atom is 0.139 e. The summed E-state index contributed by atoms with van der Waals surface area (Å²) < 4.78 is 0. The van der Waals surface area contributed by atoms with Gasteiger partial charge in [0.1, 0.15) is 11.6 Å². The Labute approximate surface area is 105 Å². The molecule has 3 atom stereocenters. The average molecular weight is 238 g/mol. The molecule has 17 heavy (non-hydrogen) atoms. The molecule has 0 spiro atoms. The van der Waals surface area contributed by atoms with Crippen LogP contribution in [0.25, 0.3) is 0 Å². The molecule has 1 unspecified atom stereocenters. The Balaban J connectivity index is 2.97. The van der Waals surface area contributed by atoms with E-state index in [1.807, 2.05) is 0 Å². The summed E-state index contributed by atoms with van der Waals surface area (Å²) in [7, 11) is 0. The number of hydrogen-bond acceptors (Lipinski definition) is 2. The van der Waals surface area contributed by atoms with E-state index in [9.17, 15) is 9.59 Å². The van der Waals surface area contributed by atoms with E-state index in [1.165, 1.54) is 0 Å². The van der Waals surface area contributed by atoms with Gasteiger partial charge in [0.2, 0.25) is 0 Å². The van der Waals surface area contributed by atoms with Crippen LogP contribution < -0.4 is 0 Å². The molecule has 2 heteroatoms. The second kappa shape index (κ2) is 5.79. The maximum absolute atomic E-state index is 12.4. The molecule has 2 nitrogen and oxygen atoms in total. The van der Waals surface area contributed by atoms with Crippen LogP contribution in [-0.4, -0.2) is 11.6 Å². The number of carbonyl (C=O) groups is 2. The third kappa shape index (κ3) is 2.97. The predicted octanol–water partition coefficient (Wildman–Crippen LogP) is 3.78. The summed E-state index contributed by atoms with van der Waals surface area (Å²) in [6.45, 7) is 7.97. The summed E-state index contributed by atoms with van der Waals surface area (Å²) >= 11 is 0. The van der Waals surface area contributed by atoms with Crippen molar-refractivity contribution >= 4 is 11.6 Å². The molecule has 1 aliphatic carbocycles. The zero-order valence-corrected chi connectivity index (χ0v) is 11.7. The molecule has 1 fully saturated rings. The lowest BCUT2D eigenvalue weighted by molar-refractivity contribution is -0.135. The van der Waals surface area contributed by atoms with Crippen molar-refractivity contribution in [1.29, 1.82) is 0 Å². The van der Waals surface area contributed by atoms with Crippen LogP contribution in [0.15, 0.2) is 0 Å². The first-order valence-corrected chi connectivity index (χ1v) is 6.95. The van der Waals surface area contributed by atoms with Gasteiger partial charge in [0, 0.05) is 18.3 Å². The van der Waals surface area contributed by atoms with Gasteiger partial charge in [0.15, 0.2) is 0 Å². The van der Waals surface area contributed by atoms with Crippen LogP contribution in [0.5, 0.6) is 0 Å². The molecule has 0 amide bonds. The normalized spacial score (nSPS) is 32.0. The number of hydrogen-bond donors (Lipinski definition) is 0. The van der Waals surface area contributed by atoms with E-state index in [-0.39, 0.29) is 17.1 Å². The number of rotatable bonds is 4. The molecule has 98 valence electrons. The molecule has 1 rings (SSSR count). The molecular weight excluding hydrogens is 212 g/mol. The van der Waals surface area contributed by atoms with Crippen molar-refractivity contribution in [1.82, 2.24) is 0 Å². The van der Waals surface area contributed by atoms with Gasteiger partial charge in [-0.1, -0.05) is 33.6 Å². The lowest BCUT2D eigenvalue weighted by Gasteiger charge is -2.39. The average Bonchev–Trinajstić information content (AvgIpc) is 2.39. The monoisotopic (exact) mass is 238 g/mol. The zero-order valence-electron chi connectivity index (χ0n) is 11.7. The number of Topliss-reactive ketones (excluding diaryl/α,β-unsaturated/α-hetero) is 2. The fourth-order valence-corrected chi connectivity index (χ4v) is 3.42. The van der Waals surface area contributed by atoms with Gasteiger partial charge in [-0.2, -0.15) is 0 Å². The fraction of sp³-hybridized carbons (Fsp3) is 0.867. The first-order chi connectivity index (χ1) is 7.92. The fourth-order valence-electron chi connectivity index (χ4n) is 3.42. The van der Waals surface area contributed by atoms with E-state index in [2.05, 4.69) is 20.8 Å². The minimum absolute atomic E-state index is 0.176. The second-order valence-electron chi connectivity index (χ2n) is 5.86. The van der Waals surface area contributed by atoms with Crippen molar-refractivity contribution in [3.05, 3.63) is 0 Å². The first-order valence-electron chi connectivity index (χ1n) is 6.95. The topological polar surface area (TPSA) is 34.1 Å². The summed E-state index contributed by atoms with van der Waals surface area (Å²) in [5.41, 5.74) is -0.281. The Morgan fingerprint density at radius 1 is 1.47 bits per heavy atom. The Hall–Kier alpha value is -0.660. The van der Waals surface area contributed by atoms with Gasteiger partial charge in [0.05, 0.1) is 0 Å². The highest BCUT2D eigenvalue weighted by atomic mass is 16.1. The van der Waals surface area contributed by atoms with Crippen molar-refractivity contribution < 1.29 is 9.59 Å². The molecule has 1 aliphatic rings. The molecule has 0 heterocycles. The molecule has 0 saturated heterocycles. The minimum Gasteiger partial charge on any atom is -0.300 e. The summed E-state index contributed by atoms with van der Waals surface area (Å²) in [4.78, 5) is 23.7. The highest BCUT2D eigenvalue weighted by Crippen LogP contribution is 2.45. The van der Waals surface area contributed by atoms with E-state index >= 15 is 0 Å². The van der Waals surface area contributed by atoms with Crippen molar-refractivity contribution in [3.63, 3.8) is 0 Å². The molecule has 1 saturated carbocycles. The third-order valence-electron chi connectivity index (χ3n) is 4.77. The molecule has 0 aromatic heterocycles. The Kier molecular flexibility index (Phi) is 4.91. The summed E-state index contributed by atoms with van der Waals surface area (Å²) in [6, 6.07) is 0. The molecule has 0 bridgehead atoms. The zero-order chi connectivity index (χ0) is 13.1. The predicted molar refractivity (Wildman–Crippen MR) is 69.8 cm³/mol. The van der Waals surface area contributed by atoms with Crippen LogP contribution in [0.3, 0.4) is 0 Å². The standard InChI is InChI=1S/C15H26O2/c1-5-13-8-6-7-9-14(17)15(13,4)11(2)10-12(3)16/h11,13H,5-10H2,1-4H3/t11-,13?,15-/m1/s1. The van der Waals surface area contributed by atoms with Crippen LogP contribution in [0, 0.1) is 17.3 Å². The smallest absolute Gasteiger partial charge is 0.139 e. The maximum atomic E-state index is 12.4. The van der Waals surface area contributed by atoms with Crippen molar-refractivity contribution in [2.45, 2.75) is 66.2 Å². The van der Waals surface area contributed by atoms with Crippen LogP contribution in [0.4, 0.5) is 0 Å². The van der Waals surface area contributed by atoms with Gasteiger partial charge in [-0.25, -0.2) is 0 Å².